The van der Waals surface area contributed by atoms with Gasteiger partial charge in [0.25, 0.3) is 0 Å². The van der Waals surface area contributed by atoms with E-state index in [1.165, 1.54) is 16.7 Å². The van der Waals surface area contributed by atoms with Crippen molar-refractivity contribution >= 4 is 6.09 Å². The average Bonchev–Trinajstić information content (AvgIpc) is 3.13. The number of likely N-dealkylation sites (tertiary alicyclic amines) is 1. The van der Waals surface area contributed by atoms with Crippen LogP contribution in [-0.4, -0.2) is 46.2 Å². The van der Waals surface area contributed by atoms with Gasteiger partial charge in [0.15, 0.2) is 0 Å². The number of carbonyl (C=O) groups is 1. The van der Waals surface area contributed by atoms with Crippen LogP contribution in [0.1, 0.15) is 50.3 Å². The molecule has 0 aromatic heterocycles. The van der Waals surface area contributed by atoms with Crippen LogP contribution in [0.5, 0.6) is 0 Å². The minimum Gasteiger partial charge on any atom is -0.444 e. The molecule has 0 N–H and O–H groups in total. The number of carbonyl (C=O) groups excluding carboxylic acids is 1. The maximum atomic E-state index is 13.4. The Kier molecular flexibility index (Phi) is 6.25. The van der Waals surface area contributed by atoms with Crippen molar-refractivity contribution in [2.45, 2.75) is 56.3 Å². The van der Waals surface area contributed by atoms with Gasteiger partial charge in [0, 0.05) is 19.1 Å². The van der Waals surface area contributed by atoms with Crippen LogP contribution < -0.4 is 0 Å². The molecule has 0 saturated carbocycles. The van der Waals surface area contributed by atoms with Gasteiger partial charge in [-0.2, -0.15) is 0 Å². The van der Waals surface area contributed by atoms with E-state index in [-0.39, 0.29) is 12.1 Å². The SMILES string of the molecule is C=C[C@]12CCC(CN(C(c3ccccc3)(c3ccccc3)c3ccccc3)C1)N2C(=O)OC(C)(C)C. The van der Waals surface area contributed by atoms with Crippen molar-refractivity contribution < 1.29 is 9.53 Å². The van der Waals surface area contributed by atoms with Crippen molar-refractivity contribution in [3.63, 3.8) is 0 Å². The van der Waals surface area contributed by atoms with Gasteiger partial charge in [0.2, 0.25) is 0 Å². The van der Waals surface area contributed by atoms with Gasteiger partial charge in [-0.25, -0.2) is 4.79 Å². The molecular weight excluding hydrogens is 444 g/mol. The molecule has 2 saturated heterocycles. The smallest absolute Gasteiger partial charge is 0.411 e. The number of piperazine rings is 1. The predicted molar refractivity (Wildman–Crippen MR) is 145 cm³/mol. The molecule has 2 bridgehead atoms. The topological polar surface area (TPSA) is 32.8 Å². The molecule has 2 aliphatic rings. The summed E-state index contributed by atoms with van der Waals surface area (Å²) in [5, 5.41) is 0. The second-order valence-electron chi connectivity index (χ2n) is 11.0. The first-order valence-electron chi connectivity index (χ1n) is 12.9. The fourth-order valence-corrected chi connectivity index (χ4v) is 6.26. The summed E-state index contributed by atoms with van der Waals surface area (Å²) in [6.45, 7) is 11.4. The Bertz CT molecular complexity index is 1110. The van der Waals surface area contributed by atoms with Crippen LogP contribution in [0.4, 0.5) is 4.79 Å². The van der Waals surface area contributed by atoms with Gasteiger partial charge in [-0.1, -0.05) is 97.1 Å². The van der Waals surface area contributed by atoms with E-state index < -0.39 is 16.7 Å². The molecule has 4 nitrogen and oxygen atoms in total. The minimum absolute atomic E-state index is 0.0436. The lowest BCUT2D eigenvalue weighted by molar-refractivity contribution is -0.0349. The third-order valence-corrected chi connectivity index (χ3v) is 7.67. The van der Waals surface area contributed by atoms with Gasteiger partial charge in [0.1, 0.15) is 5.60 Å². The highest BCUT2D eigenvalue weighted by Gasteiger charge is 2.57. The van der Waals surface area contributed by atoms with E-state index in [1.54, 1.807) is 0 Å². The Morgan fingerprint density at radius 1 is 0.889 bits per heavy atom. The van der Waals surface area contributed by atoms with Crippen LogP contribution in [0.15, 0.2) is 104 Å². The summed E-state index contributed by atoms with van der Waals surface area (Å²) in [7, 11) is 0. The Hall–Kier alpha value is -3.37. The van der Waals surface area contributed by atoms with Crippen molar-refractivity contribution in [3.05, 3.63) is 120 Å². The van der Waals surface area contributed by atoms with E-state index in [0.717, 1.165) is 19.4 Å². The molecule has 3 aromatic rings. The number of amides is 1. The fraction of sp³-hybridized carbons (Fsp3) is 0.344. The van der Waals surface area contributed by atoms with Gasteiger partial charge in [-0.15, -0.1) is 6.58 Å². The van der Waals surface area contributed by atoms with Crippen LogP contribution in [0, 0.1) is 0 Å². The van der Waals surface area contributed by atoms with E-state index >= 15 is 0 Å². The lowest BCUT2D eigenvalue weighted by Crippen LogP contribution is -2.67. The zero-order valence-electron chi connectivity index (χ0n) is 21.6. The Morgan fingerprint density at radius 3 is 1.78 bits per heavy atom. The molecule has 2 atom stereocenters. The summed E-state index contributed by atoms with van der Waals surface area (Å²) in [6.07, 6.45) is 3.55. The minimum atomic E-state index is -0.544. The molecule has 0 radical (unpaired) electrons. The van der Waals surface area contributed by atoms with Crippen molar-refractivity contribution in [2.75, 3.05) is 13.1 Å². The summed E-state index contributed by atoms with van der Waals surface area (Å²) < 4.78 is 5.88. The lowest BCUT2D eigenvalue weighted by atomic mass is 9.74. The molecule has 1 amide bonds. The first-order chi connectivity index (χ1) is 17.3. The molecule has 2 heterocycles. The number of ether oxygens (including phenoxy) is 1. The van der Waals surface area contributed by atoms with E-state index in [1.807, 2.05) is 31.7 Å². The van der Waals surface area contributed by atoms with Crippen molar-refractivity contribution in [1.29, 1.82) is 0 Å². The number of rotatable bonds is 5. The van der Waals surface area contributed by atoms with Gasteiger partial charge >= 0.3 is 6.09 Å². The molecule has 2 fully saturated rings. The molecule has 186 valence electrons. The van der Waals surface area contributed by atoms with Crippen molar-refractivity contribution in [3.8, 4) is 0 Å². The molecule has 3 aromatic carbocycles. The Balaban J connectivity index is 1.68. The largest absolute Gasteiger partial charge is 0.444 e. The van der Waals surface area contributed by atoms with Gasteiger partial charge in [-0.3, -0.25) is 9.80 Å². The van der Waals surface area contributed by atoms with Crippen LogP contribution >= 0.6 is 0 Å². The van der Waals surface area contributed by atoms with Gasteiger partial charge in [0.05, 0.1) is 11.1 Å². The highest BCUT2D eigenvalue weighted by atomic mass is 16.6. The molecule has 0 aliphatic carbocycles. The summed E-state index contributed by atoms with van der Waals surface area (Å²) in [5.41, 5.74) is 2.10. The number of nitrogens with zero attached hydrogens (tertiary/aromatic N) is 2. The second-order valence-corrected chi connectivity index (χ2v) is 11.0. The van der Waals surface area contributed by atoms with Gasteiger partial charge in [-0.05, 0) is 50.3 Å². The third kappa shape index (κ3) is 4.04. The van der Waals surface area contributed by atoms with Crippen LogP contribution in [0.2, 0.25) is 0 Å². The van der Waals surface area contributed by atoms with E-state index in [4.69, 9.17) is 4.74 Å². The summed E-state index contributed by atoms with van der Waals surface area (Å²) in [4.78, 5) is 18.0. The zero-order valence-corrected chi connectivity index (χ0v) is 21.6. The van der Waals surface area contributed by atoms with E-state index in [9.17, 15) is 4.79 Å². The first-order valence-corrected chi connectivity index (χ1v) is 12.9. The predicted octanol–water partition coefficient (Wildman–Crippen LogP) is 6.62. The van der Waals surface area contributed by atoms with Crippen LogP contribution in [0.25, 0.3) is 0 Å². The van der Waals surface area contributed by atoms with Crippen molar-refractivity contribution in [2.24, 2.45) is 0 Å². The van der Waals surface area contributed by atoms with Crippen LogP contribution in [-0.2, 0) is 10.3 Å². The molecule has 36 heavy (non-hydrogen) atoms. The Morgan fingerprint density at radius 2 is 1.36 bits per heavy atom. The highest BCUT2D eigenvalue weighted by Crippen LogP contribution is 2.49. The normalized spacial score (nSPS) is 22.3. The molecular formula is C32H36N2O2. The lowest BCUT2D eigenvalue weighted by Gasteiger charge is -2.54. The number of hydrogen-bond donors (Lipinski definition) is 0. The van der Waals surface area contributed by atoms with Crippen molar-refractivity contribution in [1.82, 2.24) is 9.80 Å². The van der Waals surface area contributed by atoms with Crippen LogP contribution in [0.3, 0.4) is 0 Å². The van der Waals surface area contributed by atoms with E-state index in [2.05, 4.69) is 102 Å². The molecule has 1 unspecified atom stereocenters. The number of benzene rings is 3. The summed E-state index contributed by atoms with van der Waals surface area (Å²) >= 11 is 0. The fourth-order valence-electron chi connectivity index (χ4n) is 6.26. The summed E-state index contributed by atoms with van der Waals surface area (Å²) in [5.74, 6) is 0. The number of fused-ring (bicyclic) bond motifs is 2. The summed E-state index contributed by atoms with van der Waals surface area (Å²) in [6, 6.07) is 32.3. The van der Waals surface area contributed by atoms with Gasteiger partial charge < -0.3 is 4.74 Å². The zero-order chi connectivity index (χ0) is 25.4. The third-order valence-electron chi connectivity index (χ3n) is 7.67. The maximum absolute atomic E-state index is 13.4. The maximum Gasteiger partial charge on any atom is 0.411 e. The highest BCUT2D eigenvalue weighted by molar-refractivity contribution is 5.71. The number of hydrogen-bond acceptors (Lipinski definition) is 3. The average molecular weight is 481 g/mol. The monoisotopic (exact) mass is 480 g/mol. The second kappa shape index (κ2) is 9.25. The Labute approximate surface area is 215 Å². The molecule has 5 rings (SSSR count). The quantitative estimate of drug-likeness (QED) is 0.304. The first kappa shape index (κ1) is 24.3. The molecule has 4 heteroatoms. The standard InChI is InChI=1S/C32H36N2O2/c1-5-31-22-21-28(34(31)29(35)36-30(2,3)4)23-33(24-31)32(25-15-9-6-10-16-25,26-17-11-7-12-18-26)27-19-13-8-14-20-27/h5-20,28H,1,21-24H2,2-4H3/t28?,31-/m0/s1. The molecule has 0 spiro atoms. The molecule has 2 aliphatic heterocycles. The van der Waals surface area contributed by atoms with E-state index in [0.29, 0.717) is 6.54 Å².